The van der Waals surface area contributed by atoms with E-state index in [-0.39, 0.29) is 17.9 Å². The molecule has 0 unspecified atom stereocenters. The number of hydrogen-bond donors (Lipinski definition) is 1. The van der Waals surface area contributed by atoms with Crippen molar-refractivity contribution in [2.24, 2.45) is 0 Å². The molecule has 1 aliphatic carbocycles. The van der Waals surface area contributed by atoms with Crippen molar-refractivity contribution in [3.05, 3.63) is 70.8 Å². The molecule has 4 nitrogen and oxygen atoms in total. The summed E-state index contributed by atoms with van der Waals surface area (Å²) in [5, 5.41) is 3.25. The van der Waals surface area contributed by atoms with Crippen LogP contribution in [0.2, 0.25) is 0 Å². The normalized spacial score (nSPS) is 15.3. The predicted molar refractivity (Wildman–Crippen MR) is 126 cm³/mol. The van der Waals surface area contributed by atoms with Gasteiger partial charge in [0.1, 0.15) is 6.04 Å². The lowest BCUT2D eigenvalue weighted by atomic mass is 9.95. The minimum Gasteiger partial charge on any atom is -0.352 e. The van der Waals surface area contributed by atoms with Crippen molar-refractivity contribution in [2.45, 2.75) is 84.3 Å². The summed E-state index contributed by atoms with van der Waals surface area (Å²) in [6.45, 7) is 6.54. The smallest absolute Gasteiger partial charge is 0.243 e. The number of nitrogens with zero attached hydrogens (tertiary/aromatic N) is 1. The van der Waals surface area contributed by atoms with Crippen LogP contribution in [0.1, 0.15) is 67.7 Å². The molecule has 0 saturated heterocycles. The highest BCUT2D eigenvalue weighted by molar-refractivity contribution is 5.88. The molecule has 0 aromatic heterocycles. The van der Waals surface area contributed by atoms with Crippen LogP contribution in [-0.2, 0) is 22.6 Å². The number of hydrogen-bond acceptors (Lipinski definition) is 2. The summed E-state index contributed by atoms with van der Waals surface area (Å²) in [6, 6.07) is 15.9. The first-order valence-electron chi connectivity index (χ1n) is 11.7. The third kappa shape index (κ3) is 6.43. The Morgan fingerprint density at radius 2 is 1.77 bits per heavy atom. The van der Waals surface area contributed by atoms with Crippen molar-refractivity contribution < 1.29 is 9.59 Å². The SMILES string of the molecule is CC[C@@H](C(=O)NC1CCCCC1)N(Cc1ccccc1C)C(=O)Cc1cccc(C)c1. The minimum atomic E-state index is -0.459. The summed E-state index contributed by atoms with van der Waals surface area (Å²) in [6.07, 6.45) is 6.57. The summed E-state index contributed by atoms with van der Waals surface area (Å²) >= 11 is 0. The minimum absolute atomic E-state index is 0.000466. The van der Waals surface area contributed by atoms with Crippen molar-refractivity contribution in [1.82, 2.24) is 10.2 Å². The summed E-state index contributed by atoms with van der Waals surface area (Å²) < 4.78 is 0. The Morgan fingerprint density at radius 3 is 2.45 bits per heavy atom. The van der Waals surface area contributed by atoms with Gasteiger partial charge in [0, 0.05) is 12.6 Å². The van der Waals surface area contributed by atoms with E-state index in [4.69, 9.17) is 0 Å². The predicted octanol–water partition coefficient (Wildman–Crippen LogP) is 5.10. The fraction of sp³-hybridized carbons (Fsp3) is 0.481. The zero-order chi connectivity index (χ0) is 22.2. The molecule has 2 aromatic carbocycles. The second-order valence-electron chi connectivity index (χ2n) is 8.88. The van der Waals surface area contributed by atoms with E-state index < -0.39 is 6.04 Å². The van der Waals surface area contributed by atoms with Crippen LogP contribution in [0.3, 0.4) is 0 Å². The van der Waals surface area contributed by atoms with Crippen LogP contribution in [0.25, 0.3) is 0 Å². The van der Waals surface area contributed by atoms with Crippen molar-refractivity contribution in [1.29, 1.82) is 0 Å². The lowest BCUT2D eigenvalue weighted by Crippen LogP contribution is -2.52. The molecule has 1 N–H and O–H groups in total. The number of carbonyl (C=O) groups is 2. The van der Waals surface area contributed by atoms with E-state index in [1.807, 2.05) is 56.3 Å². The van der Waals surface area contributed by atoms with Gasteiger partial charge in [0.15, 0.2) is 0 Å². The Kier molecular flexibility index (Phi) is 8.27. The molecule has 166 valence electrons. The number of carbonyl (C=O) groups excluding carboxylic acids is 2. The molecule has 0 aliphatic heterocycles. The van der Waals surface area contributed by atoms with Crippen molar-refractivity contribution in [3.63, 3.8) is 0 Å². The molecule has 4 heteroatoms. The molecular formula is C27H36N2O2. The van der Waals surface area contributed by atoms with Gasteiger partial charge in [-0.05, 0) is 49.8 Å². The van der Waals surface area contributed by atoms with Crippen molar-refractivity contribution >= 4 is 11.8 Å². The number of nitrogens with one attached hydrogen (secondary N) is 1. The maximum absolute atomic E-state index is 13.5. The monoisotopic (exact) mass is 420 g/mol. The van der Waals surface area contributed by atoms with Gasteiger partial charge in [-0.25, -0.2) is 0 Å². The van der Waals surface area contributed by atoms with Crippen molar-refractivity contribution in [3.8, 4) is 0 Å². The molecule has 3 rings (SSSR count). The van der Waals surface area contributed by atoms with E-state index in [1.54, 1.807) is 4.90 Å². The van der Waals surface area contributed by atoms with Gasteiger partial charge in [-0.1, -0.05) is 80.3 Å². The Labute approximate surface area is 187 Å². The second kappa shape index (κ2) is 11.1. The van der Waals surface area contributed by atoms with Gasteiger partial charge < -0.3 is 10.2 Å². The van der Waals surface area contributed by atoms with Gasteiger partial charge in [-0.3, -0.25) is 9.59 Å². The number of benzene rings is 2. The van der Waals surface area contributed by atoms with E-state index in [9.17, 15) is 9.59 Å². The van der Waals surface area contributed by atoms with Crippen LogP contribution in [0.5, 0.6) is 0 Å². The topological polar surface area (TPSA) is 49.4 Å². The largest absolute Gasteiger partial charge is 0.352 e. The maximum Gasteiger partial charge on any atom is 0.243 e. The lowest BCUT2D eigenvalue weighted by Gasteiger charge is -2.33. The molecule has 1 fully saturated rings. The van der Waals surface area contributed by atoms with E-state index in [1.165, 1.54) is 19.3 Å². The molecule has 2 amide bonds. The lowest BCUT2D eigenvalue weighted by molar-refractivity contribution is -0.141. The highest BCUT2D eigenvalue weighted by Gasteiger charge is 2.30. The summed E-state index contributed by atoms with van der Waals surface area (Å²) in [5.74, 6) is -0.0138. The zero-order valence-corrected chi connectivity index (χ0v) is 19.2. The Balaban J connectivity index is 1.82. The summed E-state index contributed by atoms with van der Waals surface area (Å²) in [4.78, 5) is 28.5. The molecule has 2 aromatic rings. The van der Waals surface area contributed by atoms with Crippen LogP contribution in [0.4, 0.5) is 0 Å². The van der Waals surface area contributed by atoms with Crippen LogP contribution < -0.4 is 5.32 Å². The van der Waals surface area contributed by atoms with Gasteiger partial charge in [-0.2, -0.15) is 0 Å². The van der Waals surface area contributed by atoms with Crippen molar-refractivity contribution in [2.75, 3.05) is 0 Å². The number of rotatable bonds is 8. The molecule has 0 spiro atoms. The van der Waals surface area contributed by atoms with E-state index >= 15 is 0 Å². The van der Waals surface area contributed by atoms with Gasteiger partial charge in [0.25, 0.3) is 0 Å². The van der Waals surface area contributed by atoms with E-state index in [2.05, 4.69) is 18.3 Å². The average molecular weight is 421 g/mol. The van der Waals surface area contributed by atoms with Crippen LogP contribution in [0.15, 0.2) is 48.5 Å². The first-order valence-corrected chi connectivity index (χ1v) is 11.7. The highest BCUT2D eigenvalue weighted by Crippen LogP contribution is 2.20. The van der Waals surface area contributed by atoms with Gasteiger partial charge in [0.05, 0.1) is 6.42 Å². The van der Waals surface area contributed by atoms with Gasteiger partial charge >= 0.3 is 0 Å². The molecule has 1 atom stereocenters. The Morgan fingerprint density at radius 1 is 1.03 bits per heavy atom. The third-order valence-corrected chi connectivity index (χ3v) is 6.38. The number of aryl methyl sites for hydroxylation is 2. The summed E-state index contributed by atoms with van der Waals surface area (Å²) in [5.41, 5.74) is 4.35. The summed E-state index contributed by atoms with van der Waals surface area (Å²) in [7, 11) is 0. The maximum atomic E-state index is 13.5. The molecule has 0 radical (unpaired) electrons. The Hall–Kier alpha value is -2.62. The molecule has 0 heterocycles. The molecule has 0 bridgehead atoms. The fourth-order valence-electron chi connectivity index (χ4n) is 4.53. The molecule has 1 aliphatic rings. The van der Waals surface area contributed by atoms with E-state index in [0.717, 1.165) is 35.1 Å². The fourth-order valence-corrected chi connectivity index (χ4v) is 4.53. The van der Waals surface area contributed by atoms with Gasteiger partial charge in [0.2, 0.25) is 11.8 Å². The van der Waals surface area contributed by atoms with Crippen LogP contribution in [-0.4, -0.2) is 28.8 Å². The second-order valence-corrected chi connectivity index (χ2v) is 8.88. The highest BCUT2D eigenvalue weighted by atomic mass is 16.2. The van der Waals surface area contributed by atoms with Crippen LogP contribution in [0, 0.1) is 13.8 Å². The third-order valence-electron chi connectivity index (χ3n) is 6.38. The first kappa shape index (κ1) is 23.1. The number of amides is 2. The quantitative estimate of drug-likeness (QED) is 0.646. The standard InChI is InChI=1S/C27H36N2O2/c1-4-25(27(31)28-24-15-6-5-7-16-24)29(19-23-14-9-8-12-21(23)3)26(30)18-22-13-10-11-20(2)17-22/h8-14,17,24-25H,4-7,15-16,18-19H2,1-3H3,(H,28,31)/t25-/m0/s1. The zero-order valence-electron chi connectivity index (χ0n) is 19.2. The van der Waals surface area contributed by atoms with Crippen LogP contribution >= 0.6 is 0 Å². The molecular weight excluding hydrogens is 384 g/mol. The Bertz CT molecular complexity index is 886. The first-order chi connectivity index (χ1) is 15.0. The van der Waals surface area contributed by atoms with Gasteiger partial charge in [-0.15, -0.1) is 0 Å². The van der Waals surface area contributed by atoms with E-state index in [0.29, 0.717) is 19.4 Å². The molecule has 31 heavy (non-hydrogen) atoms. The molecule has 1 saturated carbocycles. The average Bonchev–Trinajstić information content (AvgIpc) is 2.75.